The van der Waals surface area contributed by atoms with Crippen LogP contribution in [0.15, 0.2) is 28.3 Å². The highest BCUT2D eigenvalue weighted by Crippen LogP contribution is 2.14. The Morgan fingerprint density at radius 3 is 2.93 bits per heavy atom. The molecule has 1 atom stereocenters. The van der Waals surface area contributed by atoms with E-state index in [0.29, 0.717) is 5.92 Å². The zero-order chi connectivity index (χ0) is 10.1. The molecular formula is C11H14N2S. The van der Waals surface area contributed by atoms with Crippen LogP contribution in [-0.4, -0.2) is 6.04 Å². The standard InChI is InChI=1S/C11H14N2S/c1-7(2)10-6-9-11(14-10)13-8(3)4-5-12-9/h4-8H,1-3H3. The first-order valence-corrected chi connectivity index (χ1v) is 5.70. The van der Waals surface area contributed by atoms with Crippen molar-refractivity contribution in [1.29, 1.82) is 0 Å². The second-order valence-electron chi connectivity index (χ2n) is 3.83. The summed E-state index contributed by atoms with van der Waals surface area (Å²) in [5.74, 6) is 0.566. The lowest BCUT2D eigenvalue weighted by molar-refractivity contribution is 0.888. The van der Waals surface area contributed by atoms with Gasteiger partial charge in [0.05, 0.1) is 11.4 Å². The summed E-state index contributed by atoms with van der Waals surface area (Å²) in [4.78, 5) is 10.3. The Morgan fingerprint density at radius 2 is 2.21 bits per heavy atom. The first kappa shape index (κ1) is 9.59. The van der Waals surface area contributed by atoms with Gasteiger partial charge in [0.1, 0.15) is 4.67 Å². The van der Waals surface area contributed by atoms with Crippen LogP contribution in [0.3, 0.4) is 0 Å². The molecule has 0 saturated carbocycles. The highest BCUT2D eigenvalue weighted by molar-refractivity contribution is 7.09. The lowest BCUT2D eigenvalue weighted by atomic mass is 10.2. The molecule has 0 saturated heterocycles. The van der Waals surface area contributed by atoms with E-state index in [1.807, 2.05) is 12.3 Å². The number of rotatable bonds is 1. The van der Waals surface area contributed by atoms with E-state index >= 15 is 0 Å². The lowest BCUT2D eigenvalue weighted by Gasteiger charge is -1.96. The van der Waals surface area contributed by atoms with Crippen LogP contribution in [0.5, 0.6) is 0 Å². The third-order valence-electron chi connectivity index (χ3n) is 2.18. The van der Waals surface area contributed by atoms with Gasteiger partial charge in [0.2, 0.25) is 0 Å². The number of hydrogen-bond donors (Lipinski definition) is 0. The summed E-state index contributed by atoms with van der Waals surface area (Å²) < 4.78 is 1.08. The van der Waals surface area contributed by atoms with E-state index in [-0.39, 0.29) is 6.04 Å². The molecule has 0 N–H and O–H groups in total. The second-order valence-corrected chi connectivity index (χ2v) is 4.90. The van der Waals surface area contributed by atoms with E-state index < -0.39 is 0 Å². The van der Waals surface area contributed by atoms with Gasteiger partial charge in [-0.15, -0.1) is 11.3 Å². The van der Waals surface area contributed by atoms with Gasteiger partial charge in [-0.3, -0.25) is 9.98 Å². The first-order chi connectivity index (χ1) is 6.66. The number of nitrogens with zero attached hydrogens (tertiary/aromatic N) is 2. The van der Waals surface area contributed by atoms with Crippen LogP contribution < -0.4 is 10.0 Å². The minimum absolute atomic E-state index is 0.249. The zero-order valence-corrected chi connectivity index (χ0v) is 9.51. The summed E-state index contributed by atoms with van der Waals surface area (Å²) in [5, 5.41) is 1.03. The Kier molecular flexibility index (Phi) is 2.50. The van der Waals surface area contributed by atoms with E-state index in [0.717, 1.165) is 10.0 Å². The third-order valence-corrected chi connectivity index (χ3v) is 3.51. The largest absolute Gasteiger partial charge is 0.265 e. The van der Waals surface area contributed by atoms with Crippen LogP contribution in [0, 0.1) is 0 Å². The molecule has 1 aliphatic heterocycles. The fourth-order valence-electron chi connectivity index (χ4n) is 1.34. The van der Waals surface area contributed by atoms with Gasteiger partial charge in [-0.05, 0) is 25.0 Å². The van der Waals surface area contributed by atoms with E-state index in [1.54, 1.807) is 11.3 Å². The topological polar surface area (TPSA) is 24.7 Å². The van der Waals surface area contributed by atoms with Crippen molar-refractivity contribution < 1.29 is 0 Å². The molecule has 0 fully saturated rings. The molecule has 0 amide bonds. The molecule has 1 aliphatic rings. The quantitative estimate of drug-likeness (QED) is 0.671. The summed E-state index contributed by atoms with van der Waals surface area (Å²) in [5.41, 5.74) is 0. The fraction of sp³-hybridized carbons (Fsp3) is 0.455. The van der Waals surface area contributed by atoms with Crippen molar-refractivity contribution in [3.63, 3.8) is 0 Å². The molecule has 14 heavy (non-hydrogen) atoms. The van der Waals surface area contributed by atoms with Crippen molar-refractivity contribution in [3.05, 3.63) is 33.2 Å². The molecule has 1 aromatic rings. The monoisotopic (exact) mass is 206 g/mol. The number of fused-ring (bicyclic) bond motifs is 1. The maximum absolute atomic E-state index is 4.58. The Morgan fingerprint density at radius 1 is 1.43 bits per heavy atom. The SMILES string of the molecule is CC1C=CN=c2cc(C(C)C)sc2=N1. The van der Waals surface area contributed by atoms with Gasteiger partial charge in [-0.1, -0.05) is 13.8 Å². The average Bonchev–Trinajstić information content (AvgIpc) is 2.42. The van der Waals surface area contributed by atoms with Crippen molar-refractivity contribution in [2.24, 2.45) is 9.98 Å². The van der Waals surface area contributed by atoms with E-state index in [9.17, 15) is 0 Å². The Balaban J connectivity index is 2.61. The van der Waals surface area contributed by atoms with Crippen molar-refractivity contribution in [1.82, 2.24) is 0 Å². The molecule has 1 unspecified atom stereocenters. The molecule has 2 rings (SSSR count). The summed E-state index contributed by atoms with van der Waals surface area (Å²) in [7, 11) is 0. The molecule has 0 spiro atoms. The minimum Gasteiger partial charge on any atom is -0.265 e. The van der Waals surface area contributed by atoms with Gasteiger partial charge in [-0.25, -0.2) is 0 Å². The summed E-state index contributed by atoms with van der Waals surface area (Å²) in [6.07, 6.45) is 3.87. The van der Waals surface area contributed by atoms with Gasteiger partial charge in [0, 0.05) is 11.1 Å². The number of hydrogen-bond acceptors (Lipinski definition) is 3. The van der Waals surface area contributed by atoms with Crippen LogP contribution >= 0.6 is 11.3 Å². The predicted molar refractivity (Wildman–Crippen MR) is 59.3 cm³/mol. The molecule has 1 aromatic heterocycles. The van der Waals surface area contributed by atoms with Crippen LogP contribution in [0.2, 0.25) is 0 Å². The van der Waals surface area contributed by atoms with Gasteiger partial charge < -0.3 is 0 Å². The zero-order valence-electron chi connectivity index (χ0n) is 8.69. The highest BCUT2D eigenvalue weighted by Gasteiger charge is 2.06. The van der Waals surface area contributed by atoms with Crippen LogP contribution in [0.25, 0.3) is 0 Å². The molecule has 74 valence electrons. The molecule has 0 aromatic carbocycles. The maximum atomic E-state index is 4.58. The van der Waals surface area contributed by atoms with Crippen LogP contribution in [-0.2, 0) is 0 Å². The number of thiophene rings is 1. The second kappa shape index (κ2) is 3.65. The Bertz CT molecular complexity index is 468. The first-order valence-electron chi connectivity index (χ1n) is 4.89. The van der Waals surface area contributed by atoms with Crippen molar-refractivity contribution in [2.75, 3.05) is 0 Å². The molecule has 0 aliphatic carbocycles. The Labute approximate surface area is 87.7 Å². The van der Waals surface area contributed by atoms with Gasteiger partial charge in [-0.2, -0.15) is 0 Å². The Hall–Kier alpha value is -0.960. The molecule has 3 heteroatoms. The third kappa shape index (κ3) is 1.77. The molecule has 2 heterocycles. The van der Waals surface area contributed by atoms with E-state index in [2.05, 4.69) is 36.8 Å². The molecule has 0 radical (unpaired) electrons. The minimum atomic E-state index is 0.249. The van der Waals surface area contributed by atoms with Crippen LogP contribution in [0.1, 0.15) is 31.6 Å². The van der Waals surface area contributed by atoms with Crippen molar-refractivity contribution >= 4 is 11.3 Å². The average molecular weight is 206 g/mol. The maximum Gasteiger partial charge on any atom is 0.137 e. The molecule has 2 nitrogen and oxygen atoms in total. The van der Waals surface area contributed by atoms with Crippen molar-refractivity contribution in [3.8, 4) is 0 Å². The summed E-state index contributed by atoms with van der Waals surface area (Å²) in [6, 6.07) is 2.40. The fourth-order valence-corrected chi connectivity index (χ4v) is 2.40. The van der Waals surface area contributed by atoms with Gasteiger partial charge in [0.25, 0.3) is 0 Å². The normalized spacial score (nSPS) is 19.9. The highest BCUT2D eigenvalue weighted by atomic mass is 32.1. The predicted octanol–water partition coefficient (Wildman–Crippen LogP) is 2.03. The van der Waals surface area contributed by atoms with Crippen molar-refractivity contribution in [2.45, 2.75) is 32.7 Å². The van der Waals surface area contributed by atoms with Crippen LogP contribution in [0.4, 0.5) is 0 Å². The summed E-state index contributed by atoms with van der Waals surface area (Å²) >= 11 is 1.76. The van der Waals surface area contributed by atoms with Gasteiger partial charge >= 0.3 is 0 Å². The summed E-state index contributed by atoms with van der Waals surface area (Å²) in [6.45, 7) is 6.48. The smallest absolute Gasteiger partial charge is 0.137 e. The van der Waals surface area contributed by atoms with Gasteiger partial charge in [0.15, 0.2) is 0 Å². The van der Waals surface area contributed by atoms with E-state index in [4.69, 9.17) is 0 Å². The molecular weight excluding hydrogens is 192 g/mol. The lowest BCUT2D eigenvalue weighted by Crippen LogP contribution is -2.18. The molecule has 0 bridgehead atoms. The van der Waals surface area contributed by atoms with E-state index in [1.165, 1.54) is 4.88 Å².